The summed E-state index contributed by atoms with van der Waals surface area (Å²) in [6.45, 7) is 5.31. The molecule has 24 heavy (non-hydrogen) atoms. The molecule has 0 spiro atoms. The first kappa shape index (κ1) is 22.7. The molecule has 0 aromatic heterocycles. The first-order chi connectivity index (χ1) is 10.9. The van der Waals surface area contributed by atoms with Gasteiger partial charge in [0.2, 0.25) is 0 Å². The second-order valence-electron chi connectivity index (χ2n) is 5.02. The third-order valence-corrected chi connectivity index (χ3v) is 3.25. The zero-order valence-electron chi connectivity index (χ0n) is 13.4. The number of rotatable bonds is 11. The maximum Gasteiger partial charge on any atom is 0.353 e. The Kier molecular flexibility index (Phi) is 8.76. The van der Waals surface area contributed by atoms with Crippen molar-refractivity contribution >= 4 is 24.5 Å². The summed E-state index contributed by atoms with van der Waals surface area (Å²) in [5.41, 5.74) is 0. The van der Waals surface area contributed by atoms with Crippen LogP contribution in [0.1, 0.15) is 33.1 Å². The average Bonchev–Trinajstić information content (AvgIpc) is 2.45. The van der Waals surface area contributed by atoms with Crippen LogP contribution >= 0.6 is 12.6 Å². The van der Waals surface area contributed by atoms with Gasteiger partial charge in [-0.15, -0.1) is 0 Å². The number of thiol groups is 1. The second-order valence-corrected chi connectivity index (χ2v) is 5.59. The lowest BCUT2D eigenvalue weighted by atomic mass is 10.2. The zero-order chi connectivity index (χ0) is 19.0. The van der Waals surface area contributed by atoms with Crippen molar-refractivity contribution in [1.82, 2.24) is 5.32 Å². The van der Waals surface area contributed by atoms with Gasteiger partial charge in [0.05, 0.1) is 6.61 Å². The summed E-state index contributed by atoms with van der Waals surface area (Å²) in [5, 5.41) is -2.14. The number of hydrogen-bond donors (Lipinski definition) is 2. The summed E-state index contributed by atoms with van der Waals surface area (Å²) in [6.07, 6.45) is 0.721. The lowest BCUT2D eigenvalue weighted by Crippen LogP contribution is -2.50. The van der Waals surface area contributed by atoms with Crippen molar-refractivity contribution in [3.8, 4) is 0 Å². The summed E-state index contributed by atoms with van der Waals surface area (Å²) in [5.74, 6) is -8.64. The molecule has 0 heterocycles. The van der Waals surface area contributed by atoms with E-state index in [4.69, 9.17) is 9.47 Å². The highest BCUT2D eigenvalue weighted by Gasteiger charge is 2.53. The Labute approximate surface area is 143 Å². The molecule has 140 valence electrons. The molecule has 0 saturated carbocycles. The second kappa shape index (κ2) is 9.26. The minimum atomic E-state index is -4.55. The molecule has 0 bridgehead atoms. The summed E-state index contributed by atoms with van der Waals surface area (Å²) in [6, 6.07) is 0. The number of amides is 1. The van der Waals surface area contributed by atoms with Crippen LogP contribution in [0.3, 0.4) is 0 Å². The van der Waals surface area contributed by atoms with E-state index in [-0.39, 0.29) is 6.54 Å². The molecule has 5 nitrogen and oxygen atoms in total. The Balaban J connectivity index is 4.92. The van der Waals surface area contributed by atoms with Crippen LogP contribution in [0.5, 0.6) is 0 Å². The molecule has 0 aliphatic carbocycles. The van der Waals surface area contributed by atoms with E-state index in [0.717, 1.165) is 19.4 Å². The summed E-state index contributed by atoms with van der Waals surface area (Å²) < 4.78 is 61.2. The molecule has 0 aromatic rings. The molecule has 0 rings (SSSR count). The molecular weight excluding hydrogens is 354 g/mol. The predicted octanol–water partition coefficient (Wildman–Crippen LogP) is 2.91. The monoisotopic (exact) mass is 375 g/mol. The number of ether oxygens (including phenoxy) is 2. The van der Waals surface area contributed by atoms with E-state index >= 15 is 0 Å². The average molecular weight is 375 g/mol. The van der Waals surface area contributed by atoms with E-state index in [1.807, 2.05) is 6.92 Å². The fraction of sp³-hybridized carbons (Fsp3) is 0.714. The number of carbonyl (C=O) groups excluding carboxylic acids is 2. The van der Waals surface area contributed by atoms with E-state index in [2.05, 4.69) is 24.5 Å². The van der Waals surface area contributed by atoms with Gasteiger partial charge in [0, 0.05) is 26.0 Å². The number of halogens is 4. The molecule has 0 aliphatic heterocycles. The summed E-state index contributed by atoms with van der Waals surface area (Å²) in [4.78, 5) is 23.3. The van der Waals surface area contributed by atoms with Gasteiger partial charge in [-0.3, -0.25) is 4.79 Å². The first-order valence-corrected chi connectivity index (χ1v) is 7.60. The smallest absolute Gasteiger partial charge is 0.353 e. The fourth-order valence-electron chi connectivity index (χ4n) is 1.44. The lowest BCUT2D eigenvalue weighted by molar-refractivity contribution is -0.228. The van der Waals surface area contributed by atoms with Crippen LogP contribution in [0.15, 0.2) is 12.7 Å². The van der Waals surface area contributed by atoms with E-state index < -0.39 is 41.9 Å². The molecule has 0 fully saturated rings. The van der Waals surface area contributed by atoms with Crippen molar-refractivity contribution in [3.05, 3.63) is 12.7 Å². The number of unbranched alkanes of at least 4 members (excludes halogenated alkanes) is 1. The highest BCUT2D eigenvalue weighted by Crippen LogP contribution is 2.39. The number of alkyl halides is 4. The van der Waals surface area contributed by atoms with E-state index in [0.29, 0.717) is 6.42 Å². The van der Waals surface area contributed by atoms with Crippen molar-refractivity contribution in [2.75, 3.05) is 13.2 Å². The third kappa shape index (κ3) is 7.08. The predicted molar refractivity (Wildman–Crippen MR) is 82.1 cm³/mol. The molecule has 1 atom stereocenters. The van der Waals surface area contributed by atoms with E-state index in [1.165, 1.54) is 0 Å². The number of esters is 1. The topological polar surface area (TPSA) is 64.6 Å². The van der Waals surface area contributed by atoms with Crippen LogP contribution < -0.4 is 5.32 Å². The number of nitrogens with one attached hydrogen (secondary N) is 1. The molecule has 1 unspecified atom stereocenters. The van der Waals surface area contributed by atoms with Crippen LogP contribution in [0.2, 0.25) is 0 Å². The molecular formula is C14H21F4NO4S. The Bertz CT molecular complexity index is 457. The van der Waals surface area contributed by atoms with Gasteiger partial charge < -0.3 is 14.8 Å². The highest BCUT2D eigenvalue weighted by molar-refractivity contribution is 7.81. The molecule has 0 radical (unpaired) electrons. The minimum absolute atomic E-state index is 0.241. The van der Waals surface area contributed by atoms with Crippen molar-refractivity contribution in [2.45, 2.75) is 50.1 Å². The Hall–Kier alpha value is -1.29. The fourth-order valence-corrected chi connectivity index (χ4v) is 1.55. The highest BCUT2D eigenvalue weighted by atomic mass is 32.1. The normalized spacial score (nSPS) is 14.6. The molecule has 1 N–H and O–H groups in total. The minimum Gasteiger partial charge on any atom is -0.420 e. The van der Waals surface area contributed by atoms with Crippen molar-refractivity contribution in [3.63, 3.8) is 0 Å². The van der Waals surface area contributed by atoms with Gasteiger partial charge in [0.15, 0.2) is 0 Å². The van der Waals surface area contributed by atoms with E-state index in [1.54, 1.807) is 0 Å². The van der Waals surface area contributed by atoms with Crippen molar-refractivity contribution in [1.29, 1.82) is 0 Å². The van der Waals surface area contributed by atoms with E-state index in [9.17, 15) is 27.2 Å². The molecule has 0 aromatic carbocycles. The van der Waals surface area contributed by atoms with Crippen LogP contribution in [-0.2, 0) is 19.1 Å². The molecule has 1 amide bonds. The Morgan fingerprint density at radius 2 is 1.88 bits per heavy atom. The molecule has 0 saturated heterocycles. The Morgan fingerprint density at radius 1 is 1.29 bits per heavy atom. The SMILES string of the molecule is C=CC(=O)OC(C)(OCCC(F)(F)C(F)(F)S)C(=O)NCCCC. The molecule has 10 heteroatoms. The van der Waals surface area contributed by atoms with Gasteiger partial charge in [-0.1, -0.05) is 32.6 Å². The number of carbonyl (C=O) groups is 2. The first-order valence-electron chi connectivity index (χ1n) is 7.15. The van der Waals surface area contributed by atoms with Gasteiger partial charge in [-0.05, 0) is 6.42 Å². The van der Waals surface area contributed by atoms with Gasteiger partial charge in [0.1, 0.15) is 0 Å². The summed E-state index contributed by atoms with van der Waals surface area (Å²) >= 11 is 2.53. The lowest BCUT2D eigenvalue weighted by Gasteiger charge is -2.29. The van der Waals surface area contributed by atoms with Gasteiger partial charge in [-0.25, -0.2) is 4.79 Å². The maximum absolute atomic E-state index is 13.2. The van der Waals surface area contributed by atoms with Gasteiger partial charge in [-0.2, -0.15) is 17.6 Å². The summed E-state index contributed by atoms with van der Waals surface area (Å²) in [7, 11) is 0. The maximum atomic E-state index is 13.2. The molecule has 0 aliphatic rings. The van der Waals surface area contributed by atoms with Crippen LogP contribution in [-0.4, -0.2) is 42.0 Å². The van der Waals surface area contributed by atoms with Crippen LogP contribution in [0.25, 0.3) is 0 Å². The zero-order valence-corrected chi connectivity index (χ0v) is 14.3. The number of hydrogen-bond acceptors (Lipinski definition) is 5. The van der Waals surface area contributed by atoms with Gasteiger partial charge in [0.25, 0.3) is 11.7 Å². The van der Waals surface area contributed by atoms with Crippen molar-refractivity contribution in [2.24, 2.45) is 0 Å². The Morgan fingerprint density at radius 3 is 2.33 bits per heavy atom. The van der Waals surface area contributed by atoms with Crippen molar-refractivity contribution < 1.29 is 36.6 Å². The van der Waals surface area contributed by atoms with Gasteiger partial charge >= 0.3 is 17.1 Å². The quantitative estimate of drug-likeness (QED) is 0.146. The standard InChI is InChI=1S/C14H21F4NO4S/c1-4-6-8-19-11(21)12(3,23-10(20)5-2)22-9-7-13(15,16)14(17,18)24/h5,24H,2,4,6-9H2,1,3H3,(H,19,21). The third-order valence-electron chi connectivity index (χ3n) is 2.92. The largest absolute Gasteiger partial charge is 0.420 e. The van der Waals surface area contributed by atoms with Crippen LogP contribution in [0.4, 0.5) is 17.6 Å². The van der Waals surface area contributed by atoms with Crippen LogP contribution in [0, 0.1) is 0 Å².